The van der Waals surface area contributed by atoms with Crippen LogP contribution in [0, 0.1) is 5.92 Å². The van der Waals surface area contributed by atoms with Gasteiger partial charge in [0.05, 0.1) is 11.1 Å². The number of carbonyl (C=O) groups is 2. The van der Waals surface area contributed by atoms with Gasteiger partial charge in [0.1, 0.15) is 35.9 Å². The molecule has 4 heterocycles. The highest BCUT2D eigenvalue weighted by atomic mass is 16.5. The largest absolute Gasteiger partial charge is 0.490 e. The molecular formula is C31H31N5O5. The average Bonchev–Trinajstić information content (AvgIpc) is 3.38. The molecule has 0 saturated carbocycles. The summed E-state index contributed by atoms with van der Waals surface area (Å²) in [7, 11) is 2.08. The van der Waals surface area contributed by atoms with E-state index in [1.54, 1.807) is 44.3 Å². The maximum atomic E-state index is 13.8. The Labute approximate surface area is 236 Å². The average molecular weight is 554 g/mol. The van der Waals surface area contributed by atoms with Gasteiger partial charge in [0, 0.05) is 36.3 Å². The van der Waals surface area contributed by atoms with Crippen LogP contribution in [0.3, 0.4) is 0 Å². The molecule has 210 valence electrons. The predicted molar refractivity (Wildman–Crippen MR) is 155 cm³/mol. The Bertz CT molecular complexity index is 1700. The van der Waals surface area contributed by atoms with Crippen LogP contribution in [0.5, 0.6) is 11.5 Å². The third kappa shape index (κ3) is 5.18. The van der Waals surface area contributed by atoms with E-state index in [1.165, 1.54) is 10.6 Å². The Kier molecular flexibility index (Phi) is 7.00. The molecule has 2 aromatic heterocycles. The molecule has 0 spiro atoms. The molecule has 2 atom stereocenters. The van der Waals surface area contributed by atoms with Crippen LogP contribution in [0.25, 0.3) is 11.0 Å². The minimum Gasteiger partial charge on any atom is -0.490 e. The van der Waals surface area contributed by atoms with Crippen molar-refractivity contribution in [3.05, 3.63) is 82.3 Å². The van der Waals surface area contributed by atoms with E-state index < -0.39 is 17.5 Å². The van der Waals surface area contributed by atoms with E-state index in [9.17, 15) is 14.4 Å². The molecule has 2 aromatic carbocycles. The number of ketones is 2. The summed E-state index contributed by atoms with van der Waals surface area (Å²) in [5.74, 6) is 0.484. The number of hydrogen-bond donors (Lipinski definition) is 1. The first-order valence-electron chi connectivity index (χ1n) is 13.7. The fraction of sp³-hybridized carbons (Fsp3) is 0.323. The molecule has 1 saturated heterocycles. The van der Waals surface area contributed by atoms with Gasteiger partial charge < -0.3 is 19.7 Å². The number of ether oxygens (including phenoxy) is 2. The number of aromatic nitrogens is 3. The quantitative estimate of drug-likeness (QED) is 0.335. The first kappa shape index (κ1) is 26.6. The van der Waals surface area contributed by atoms with E-state index in [0.717, 1.165) is 30.9 Å². The molecule has 2 unspecified atom stereocenters. The first-order chi connectivity index (χ1) is 19.8. The lowest BCUT2D eigenvalue weighted by molar-refractivity contribution is 0.0837. The van der Waals surface area contributed by atoms with Crippen molar-refractivity contribution < 1.29 is 19.1 Å². The molecule has 0 bridgehead atoms. The maximum absolute atomic E-state index is 13.8. The minimum absolute atomic E-state index is 0.00693. The van der Waals surface area contributed by atoms with Crippen molar-refractivity contribution in [1.82, 2.24) is 19.4 Å². The van der Waals surface area contributed by atoms with Gasteiger partial charge in [0.2, 0.25) is 5.95 Å². The number of pyridine rings is 1. The van der Waals surface area contributed by atoms with Crippen molar-refractivity contribution >= 4 is 34.2 Å². The number of para-hydroxylation sites is 1. The zero-order valence-electron chi connectivity index (χ0n) is 23.2. The van der Waals surface area contributed by atoms with E-state index in [-0.39, 0.29) is 41.4 Å². The van der Waals surface area contributed by atoms with Gasteiger partial charge in [-0.3, -0.25) is 19.0 Å². The summed E-state index contributed by atoms with van der Waals surface area (Å²) in [6.45, 7) is 5.32. The molecule has 2 aliphatic heterocycles. The summed E-state index contributed by atoms with van der Waals surface area (Å²) in [5, 5.41) is 3.64. The highest BCUT2D eigenvalue weighted by molar-refractivity contribution is 6.04. The van der Waals surface area contributed by atoms with Crippen molar-refractivity contribution in [3.63, 3.8) is 0 Å². The molecule has 1 fully saturated rings. The lowest BCUT2D eigenvalue weighted by Crippen LogP contribution is -2.39. The number of nitrogens with zero attached hydrogens (tertiary/aromatic N) is 4. The summed E-state index contributed by atoms with van der Waals surface area (Å²) in [6.07, 6.45) is 2.71. The number of likely N-dealkylation sites (tertiary alicyclic amines) is 1. The van der Waals surface area contributed by atoms with E-state index in [2.05, 4.69) is 27.2 Å². The van der Waals surface area contributed by atoms with Gasteiger partial charge in [-0.1, -0.05) is 26.0 Å². The number of likely N-dealkylation sites (N-methyl/N-ethyl adjacent to an activating group) is 1. The fourth-order valence-electron chi connectivity index (χ4n) is 5.30. The van der Waals surface area contributed by atoms with Crippen LogP contribution >= 0.6 is 0 Å². The maximum Gasteiger partial charge on any atom is 0.263 e. The number of Topliss-reactive ketones (excluding diaryl/α,β-unsaturated/α-hetero) is 2. The fourth-order valence-corrected chi connectivity index (χ4v) is 5.30. The second-order valence-electron chi connectivity index (χ2n) is 10.9. The number of rotatable bonds is 7. The number of carbonyl (C=O) groups excluding carboxylic acids is 2. The van der Waals surface area contributed by atoms with Crippen LogP contribution < -0.4 is 20.3 Å². The minimum atomic E-state index is -0.992. The monoisotopic (exact) mass is 553 g/mol. The predicted octanol–water partition coefficient (Wildman–Crippen LogP) is 4.27. The van der Waals surface area contributed by atoms with E-state index in [0.29, 0.717) is 16.7 Å². The third-order valence-electron chi connectivity index (χ3n) is 7.49. The van der Waals surface area contributed by atoms with Crippen LogP contribution in [0.2, 0.25) is 0 Å². The molecule has 41 heavy (non-hydrogen) atoms. The lowest BCUT2D eigenvalue weighted by atomic mass is 9.98. The van der Waals surface area contributed by atoms with E-state index >= 15 is 0 Å². The van der Waals surface area contributed by atoms with Crippen LogP contribution in [0.1, 0.15) is 47.0 Å². The second-order valence-corrected chi connectivity index (χ2v) is 10.9. The third-order valence-corrected chi connectivity index (χ3v) is 7.49. The van der Waals surface area contributed by atoms with Crippen LogP contribution in [0.4, 0.5) is 11.6 Å². The van der Waals surface area contributed by atoms with Gasteiger partial charge in [-0.25, -0.2) is 4.98 Å². The zero-order valence-corrected chi connectivity index (χ0v) is 23.2. The van der Waals surface area contributed by atoms with Crippen molar-refractivity contribution in [2.75, 3.05) is 32.1 Å². The highest BCUT2D eigenvalue weighted by Crippen LogP contribution is 2.31. The molecule has 10 nitrogen and oxygen atoms in total. The SMILES string of the molecule is CC(C)C(=O)c1cc2cnc(Nc3ccc(OC4CCN(C)C4)cc3)nc2n(C2COc3ccccc3C2=O)c1=O. The van der Waals surface area contributed by atoms with Crippen LogP contribution in [-0.4, -0.2) is 63.8 Å². The summed E-state index contributed by atoms with van der Waals surface area (Å²) < 4.78 is 13.2. The molecular weight excluding hydrogens is 522 g/mol. The Morgan fingerprint density at radius 2 is 1.90 bits per heavy atom. The van der Waals surface area contributed by atoms with E-state index in [1.807, 2.05) is 24.3 Å². The van der Waals surface area contributed by atoms with Crippen molar-refractivity contribution in [3.8, 4) is 11.5 Å². The van der Waals surface area contributed by atoms with Gasteiger partial charge >= 0.3 is 0 Å². The molecule has 6 rings (SSSR count). The van der Waals surface area contributed by atoms with E-state index in [4.69, 9.17) is 9.47 Å². The summed E-state index contributed by atoms with van der Waals surface area (Å²) >= 11 is 0. The Hall–Kier alpha value is -4.57. The molecule has 0 amide bonds. The number of anilines is 2. The van der Waals surface area contributed by atoms with Gasteiger partial charge in [-0.05, 0) is 55.9 Å². The molecule has 4 aromatic rings. The summed E-state index contributed by atoms with van der Waals surface area (Å²) in [4.78, 5) is 51.7. The Morgan fingerprint density at radius 3 is 2.63 bits per heavy atom. The van der Waals surface area contributed by atoms with Gasteiger partial charge in [0.25, 0.3) is 5.56 Å². The highest BCUT2D eigenvalue weighted by Gasteiger charge is 2.33. The van der Waals surface area contributed by atoms with Crippen molar-refractivity contribution in [2.24, 2.45) is 5.92 Å². The smallest absolute Gasteiger partial charge is 0.263 e. The number of benzene rings is 2. The van der Waals surface area contributed by atoms with Gasteiger partial charge in [-0.15, -0.1) is 0 Å². The standard InChI is InChI=1S/C31H31N5O5/c1-18(2)27(37)24-14-19-15-32-31(33-20-8-10-21(11-9-20)41-22-12-13-35(3)16-22)34-29(19)36(30(24)39)25-17-40-26-7-5-4-6-23(26)28(25)38/h4-11,14-15,18,22,25H,12-13,16-17H2,1-3H3,(H,32,33,34). The lowest BCUT2D eigenvalue weighted by Gasteiger charge is -2.26. The second kappa shape index (κ2) is 10.8. The molecule has 10 heteroatoms. The normalized spacial score (nSPS) is 18.8. The molecule has 0 radical (unpaired) electrons. The molecule has 1 N–H and O–H groups in total. The number of hydrogen-bond acceptors (Lipinski definition) is 9. The topological polar surface area (TPSA) is 116 Å². The number of fused-ring (bicyclic) bond motifs is 2. The van der Waals surface area contributed by atoms with Crippen molar-refractivity contribution in [1.29, 1.82) is 0 Å². The zero-order chi connectivity index (χ0) is 28.7. The molecule has 0 aliphatic carbocycles. The Morgan fingerprint density at radius 1 is 1.12 bits per heavy atom. The summed E-state index contributed by atoms with van der Waals surface area (Å²) in [5.41, 5.74) is 0.753. The van der Waals surface area contributed by atoms with Gasteiger partial charge in [0.15, 0.2) is 11.6 Å². The van der Waals surface area contributed by atoms with Crippen LogP contribution in [0.15, 0.2) is 65.6 Å². The van der Waals surface area contributed by atoms with Crippen molar-refractivity contribution in [2.45, 2.75) is 32.4 Å². The van der Waals surface area contributed by atoms with Crippen LogP contribution in [-0.2, 0) is 0 Å². The summed E-state index contributed by atoms with van der Waals surface area (Å²) in [6, 6.07) is 14.9. The molecule has 2 aliphatic rings. The first-order valence-corrected chi connectivity index (χ1v) is 13.7. The Balaban J connectivity index is 1.36. The van der Waals surface area contributed by atoms with Gasteiger partial charge in [-0.2, -0.15) is 4.98 Å². The number of nitrogens with one attached hydrogen (secondary N) is 1.